The SMILES string of the molecule is O=C(Cc1ccc(-c2ccc3ncc(N4CCN(Cc5cccnc5)CC4)nc3c2)cc1)C(O)c1ccccc1. The number of aliphatic hydroxyl groups excluding tert-OH is 1. The van der Waals surface area contributed by atoms with Gasteiger partial charge in [0.1, 0.15) is 11.9 Å². The summed E-state index contributed by atoms with van der Waals surface area (Å²) < 4.78 is 0. The van der Waals surface area contributed by atoms with Gasteiger partial charge in [-0.05, 0) is 46.0 Å². The van der Waals surface area contributed by atoms with Crippen molar-refractivity contribution in [3.8, 4) is 11.1 Å². The smallest absolute Gasteiger partial charge is 0.170 e. The Morgan fingerprint density at radius 3 is 2.33 bits per heavy atom. The number of hydrogen-bond acceptors (Lipinski definition) is 7. The first-order valence-electron chi connectivity index (χ1n) is 13.6. The number of nitrogens with zero attached hydrogens (tertiary/aromatic N) is 5. The molecule has 0 aliphatic carbocycles. The lowest BCUT2D eigenvalue weighted by Gasteiger charge is -2.35. The topological polar surface area (TPSA) is 82.5 Å². The van der Waals surface area contributed by atoms with Gasteiger partial charge < -0.3 is 10.0 Å². The first-order chi connectivity index (χ1) is 19.6. The standard InChI is InChI=1S/C33H31N5O2/c39-31(33(40)27-6-2-1-3-7-27)19-24-8-10-26(11-9-24)28-12-13-29-30(20-28)36-32(22-35-29)38-17-15-37(16-18-38)23-25-5-4-14-34-21-25/h1-14,20-22,33,40H,15-19,23H2. The fourth-order valence-corrected chi connectivity index (χ4v) is 5.15. The van der Waals surface area contributed by atoms with Crippen LogP contribution in [0.15, 0.2) is 104 Å². The molecular weight excluding hydrogens is 498 g/mol. The Morgan fingerprint density at radius 2 is 1.57 bits per heavy atom. The van der Waals surface area contributed by atoms with Gasteiger partial charge >= 0.3 is 0 Å². The van der Waals surface area contributed by atoms with Crippen molar-refractivity contribution >= 4 is 22.6 Å². The normalized spacial score (nSPS) is 14.8. The maximum Gasteiger partial charge on any atom is 0.170 e. The number of piperazine rings is 1. The molecule has 1 saturated heterocycles. The molecule has 5 aromatic rings. The number of Topliss-reactive ketones (excluding diaryl/α,β-unsaturated/α-hetero) is 1. The molecule has 0 bridgehead atoms. The molecule has 1 N–H and O–H groups in total. The highest BCUT2D eigenvalue weighted by Crippen LogP contribution is 2.26. The number of aliphatic hydroxyl groups is 1. The van der Waals surface area contributed by atoms with Crippen molar-refractivity contribution < 1.29 is 9.90 Å². The van der Waals surface area contributed by atoms with Crippen LogP contribution in [0.3, 0.4) is 0 Å². The van der Waals surface area contributed by atoms with Crippen LogP contribution in [0, 0.1) is 0 Å². The van der Waals surface area contributed by atoms with E-state index in [2.05, 4.69) is 31.9 Å². The van der Waals surface area contributed by atoms with E-state index < -0.39 is 6.10 Å². The molecule has 0 saturated carbocycles. The van der Waals surface area contributed by atoms with E-state index in [1.165, 1.54) is 5.56 Å². The zero-order valence-corrected chi connectivity index (χ0v) is 22.2. The maximum atomic E-state index is 12.6. The van der Waals surface area contributed by atoms with E-state index >= 15 is 0 Å². The van der Waals surface area contributed by atoms with Crippen molar-refractivity contribution in [3.63, 3.8) is 0 Å². The quantitative estimate of drug-likeness (QED) is 0.307. The molecule has 6 rings (SSSR count). The van der Waals surface area contributed by atoms with Crippen molar-refractivity contribution in [2.24, 2.45) is 0 Å². The van der Waals surface area contributed by atoms with Crippen molar-refractivity contribution in [3.05, 3.63) is 120 Å². The summed E-state index contributed by atoms with van der Waals surface area (Å²) in [6.07, 6.45) is 4.68. The molecule has 0 radical (unpaired) electrons. The van der Waals surface area contributed by atoms with Crippen LogP contribution in [0.25, 0.3) is 22.2 Å². The second kappa shape index (κ2) is 11.7. The van der Waals surface area contributed by atoms with Gasteiger partial charge in [0.05, 0.1) is 17.2 Å². The van der Waals surface area contributed by atoms with Crippen LogP contribution in [0.4, 0.5) is 5.82 Å². The molecule has 1 aliphatic rings. The van der Waals surface area contributed by atoms with E-state index in [9.17, 15) is 9.90 Å². The summed E-state index contributed by atoms with van der Waals surface area (Å²) in [6, 6.07) is 27.2. The molecule has 3 heterocycles. The lowest BCUT2D eigenvalue weighted by atomic mass is 9.98. The number of carbonyl (C=O) groups is 1. The molecular formula is C33H31N5O2. The summed E-state index contributed by atoms with van der Waals surface area (Å²) >= 11 is 0. The largest absolute Gasteiger partial charge is 0.381 e. The highest BCUT2D eigenvalue weighted by Gasteiger charge is 2.19. The summed E-state index contributed by atoms with van der Waals surface area (Å²) in [6.45, 7) is 4.64. The summed E-state index contributed by atoms with van der Waals surface area (Å²) in [5.74, 6) is 0.682. The minimum absolute atomic E-state index is 0.179. The van der Waals surface area contributed by atoms with Gasteiger partial charge in [0, 0.05) is 51.5 Å². The van der Waals surface area contributed by atoms with Gasteiger partial charge in [-0.15, -0.1) is 0 Å². The molecule has 2 aromatic heterocycles. The molecule has 0 spiro atoms. The molecule has 0 amide bonds. The van der Waals surface area contributed by atoms with Crippen molar-refractivity contribution in [1.29, 1.82) is 0 Å². The third-order valence-electron chi connectivity index (χ3n) is 7.44. The minimum atomic E-state index is -1.11. The van der Waals surface area contributed by atoms with E-state index in [4.69, 9.17) is 4.98 Å². The van der Waals surface area contributed by atoms with Gasteiger partial charge in [-0.3, -0.25) is 19.7 Å². The maximum absolute atomic E-state index is 12.6. The molecule has 7 nitrogen and oxygen atoms in total. The molecule has 40 heavy (non-hydrogen) atoms. The average molecular weight is 530 g/mol. The van der Waals surface area contributed by atoms with Crippen molar-refractivity contribution in [1.82, 2.24) is 19.9 Å². The number of benzene rings is 3. The summed E-state index contributed by atoms with van der Waals surface area (Å²) in [7, 11) is 0. The van der Waals surface area contributed by atoms with Crippen LogP contribution < -0.4 is 4.90 Å². The number of carbonyl (C=O) groups excluding carboxylic acids is 1. The Hall–Kier alpha value is -4.46. The van der Waals surface area contributed by atoms with Gasteiger partial charge in [-0.2, -0.15) is 0 Å². The van der Waals surface area contributed by atoms with E-state index in [1.54, 1.807) is 12.1 Å². The first-order valence-corrected chi connectivity index (χ1v) is 13.6. The Morgan fingerprint density at radius 1 is 0.800 bits per heavy atom. The van der Waals surface area contributed by atoms with Crippen LogP contribution >= 0.6 is 0 Å². The van der Waals surface area contributed by atoms with Crippen LogP contribution in [0.5, 0.6) is 0 Å². The van der Waals surface area contributed by atoms with Crippen LogP contribution in [-0.4, -0.2) is 56.9 Å². The minimum Gasteiger partial charge on any atom is -0.381 e. The lowest BCUT2D eigenvalue weighted by Crippen LogP contribution is -2.46. The van der Waals surface area contributed by atoms with Gasteiger partial charge in [-0.1, -0.05) is 66.7 Å². The Bertz CT molecular complexity index is 1580. The lowest BCUT2D eigenvalue weighted by molar-refractivity contribution is -0.126. The molecule has 1 unspecified atom stereocenters. The molecule has 200 valence electrons. The second-order valence-corrected chi connectivity index (χ2v) is 10.2. The molecule has 1 atom stereocenters. The van der Waals surface area contributed by atoms with Gasteiger partial charge in [0.15, 0.2) is 5.78 Å². The van der Waals surface area contributed by atoms with Crippen molar-refractivity contribution in [2.45, 2.75) is 19.1 Å². The zero-order valence-electron chi connectivity index (χ0n) is 22.2. The number of hydrogen-bond donors (Lipinski definition) is 1. The van der Waals surface area contributed by atoms with Gasteiger partial charge in [-0.25, -0.2) is 4.98 Å². The fraction of sp³-hybridized carbons (Fsp3) is 0.212. The Balaban J connectivity index is 1.11. The summed E-state index contributed by atoms with van der Waals surface area (Å²) in [5, 5.41) is 10.4. The second-order valence-electron chi connectivity index (χ2n) is 10.2. The number of pyridine rings is 1. The molecule has 3 aromatic carbocycles. The third-order valence-corrected chi connectivity index (χ3v) is 7.44. The highest BCUT2D eigenvalue weighted by molar-refractivity contribution is 5.86. The van der Waals surface area contributed by atoms with E-state index in [1.807, 2.05) is 79.3 Å². The average Bonchev–Trinajstić information content (AvgIpc) is 3.02. The molecule has 1 fully saturated rings. The number of ketones is 1. The van der Waals surface area contributed by atoms with Gasteiger partial charge in [0.25, 0.3) is 0 Å². The van der Waals surface area contributed by atoms with E-state index in [0.717, 1.165) is 66.3 Å². The predicted molar refractivity (Wildman–Crippen MR) is 157 cm³/mol. The predicted octanol–water partition coefficient (Wildman–Crippen LogP) is 4.86. The van der Waals surface area contributed by atoms with Crippen LogP contribution in [-0.2, 0) is 17.8 Å². The molecule has 7 heteroatoms. The fourth-order valence-electron chi connectivity index (χ4n) is 5.15. The van der Waals surface area contributed by atoms with Crippen molar-refractivity contribution in [2.75, 3.05) is 31.1 Å². The number of fused-ring (bicyclic) bond motifs is 1. The summed E-state index contributed by atoms with van der Waals surface area (Å²) in [4.78, 5) is 31.2. The first kappa shape index (κ1) is 25.8. The van der Waals surface area contributed by atoms with Crippen LogP contribution in [0.2, 0.25) is 0 Å². The highest BCUT2D eigenvalue weighted by atomic mass is 16.3. The Labute approximate surface area is 233 Å². The zero-order chi connectivity index (χ0) is 27.3. The van der Waals surface area contributed by atoms with Gasteiger partial charge in [0.2, 0.25) is 0 Å². The summed E-state index contributed by atoms with van der Waals surface area (Å²) in [5.41, 5.74) is 6.53. The van der Waals surface area contributed by atoms with E-state index in [-0.39, 0.29) is 12.2 Å². The number of aromatic nitrogens is 3. The molecule has 1 aliphatic heterocycles. The van der Waals surface area contributed by atoms with E-state index in [0.29, 0.717) is 5.56 Å². The number of anilines is 1. The Kier molecular flexibility index (Phi) is 7.57. The van der Waals surface area contributed by atoms with Crippen LogP contribution in [0.1, 0.15) is 22.8 Å². The third kappa shape index (κ3) is 5.91. The number of rotatable bonds is 8. The monoisotopic (exact) mass is 529 g/mol.